The smallest absolute Gasteiger partial charge is 0.332 e. The van der Waals surface area contributed by atoms with Gasteiger partial charge >= 0.3 is 5.69 Å². The summed E-state index contributed by atoms with van der Waals surface area (Å²) in [5.41, 5.74) is 10.8. The molecule has 1 atom stereocenters. The van der Waals surface area contributed by atoms with Crippen LogP contribution in [-0.2, 0) is 13.6 Å². The van der Waals surface area contributed by atoms with Crippen molar-refractivity contribution >= 4 is 11.7 Å². The van der Waals surface area contributed by atoms with Crippen molar-refractivity contribution in [3.05, 3.63) is 62.0 Å². The quantitative estimate of drug-likeness (QED) is 0.765. The van der Waals surface area contributed by atoms with E-state index in [0.717, 1.165) is 23.5 Å². The van der Waals surface area contributed by atoms with Crippen molar-refractivity contribution in [2.24, 2.45) is 18.5 Å². The Morgan fingerprint density at radius 2 is 2.04 bits per heavy atom. The number of hydrogen-bond donors (Lipinski definition) is 2. The predicted molar refractivity (Wildman–Crippen MR) is 99.4 cm³/mol. The molecule has 3 rings (SSSR count). The molecule has 1 saturated heterocycles. The molecule has 1 fully saturated rings. The molecule has 9 heteroatoms. The molecule has 0 aliphatic carbocycles. The molecule has 0 bridgehead atoms. The fourth-order valence-corrected chi connectivity index (χ4v) is 3.39. The molecule has 1 aliphatic heterocycles. The molecule has 1 aromatic carbocycles. The van der Waals surface area contributed by atoms with Crippen LogP contribution >= 0.6 is 0 Å². The standard InChI is InChI=1S/C18H22FN5O3/c1-22-16(25)8-15(23-6-2-3-13(20)10-23)24(18(22)27)9-11-7-12(19)4-5-14(11)17(21)26/h4-5,7-8,13H,2-3,6,9-10,20H2,1H3,(H2,21,26)/t13-/m1/s1. The molecule has 2 heterocycles. The first-order valence-corrected chi connectivity index (χ1v) is 8.67. The molecule has 1 aliphatic rings. The van der Waals surface area contributed by atoms with Gasteiger partial charge in [-0.3, -0.25) is 18.7 Å². The highest BCUT2D eigenvalue weighted by Gasteiger charge is 2.22. The van der Waals surface area contributed by atoms with E-state index >= 15 is 0 Å². The van der Waals surface area contributed by atoms with Crippen LogP contribution in [-0.4, -0.2) is 34.2 Å². The minimum atomic E-state index is -0.718. The Balaban J connectivity index is 2.14. The number of nitrogens with zero attached hydrogens (tertiary/aromatic N) is 3. The topological polar surface area (TPSA) is 116 Å². The molecule has 144 valence electrons. The number of halogens is 1. The van der Waals surface area contributed by atoms with Crippen molar-refractivity contribution in [2.45, 2.75) is 25.4 Å². The van der Waals surface area contributed by atoms with E-state index in [4.69, 9.17) is 11.5 Å². The van der Waals surface area contributed by atoms with Gasteiger partial charge in [-0.1, -0.05) is 0 Å². The molecule has 4 N–H and O–H groups in total. The molecule has 8 nitrogen and oxygen atoms in total. The summed E-state index contributed by atoms with van der Waals surface area (Å²) in [6.45, 7) is 1.05. The highest BCUT2D eigenvalue weighted by molar-refractivity contribution is 5.94. The summed E-state index contributed by atoms with van der Waals surface area (Å²) in [5, 5.41) is 0. The SMILES string of the molecule is Cn1c(=O)cc(N2CCC[C@@H](N)C2)n(Cc2cc(F)ccc2C(N)=O)c1=O. The number of nitrogens with two attached hydrogens (primary N) is 2. The van der Waals surface area contributed by atoms with Gasteiger partial charge in [0.25, 0.3) is 5.56 Å². The monoisotopic (exact) mass is 375 g/mol. The first-order chi connectivity index (χ1) is 12.8. The van der Waals surface area contributed by atoms with Crippen LogP contribution in [0, 0.1) is 5.82 Å². The average Bonchev–Trinajstić information content (AvgIpc) is 2.61. The molecule has 0 spiro atoms. The summed E-state index contributed by atoms with van der Waals surface area (Å²) in [7, 11) is 1.37. The maximum absolute atomic E-state index is 13.7. The van der Waals surface area contributed by atoms with Crippen molar-refractivity contribution in [1.29, 1.82) is 0 Å². The van der Waals surface area contributed by atoms with Gasteiger partial charge in [0, 0.05) is 37.8 Å². The van der Waals surface area contributed by atoms with Crippen molar-refractivity contribution in [1.82, 2.24) is 9.13 Å². The van der Waals surface area contributed by atoms with Crippen LogP contribution < -0.4 is 27.6 Å². The van der Waals surface area contributed by atoms with Crippen molar-refractivity contribution < 1.29 is 9.18 Å². The van der Waals surface area contributed by atoms with Gasteiger partial charge in [-0.05, 0) is 36.6 Å². The second kappa shape index (κ2) is 7.36. The first kappa shape index (κ1) is 18.8. The van der Waals surface area contributed by atoms with E-state index in [1.807, 2.05) is 4.90 Å². The van der Waals surface area contributed by atoms with Gasteiger partial charge in [0.15, 0.2) is 0 Å². The van der Waals surface area contributed by atoms with Crippen LogP contribution in [0.2, 0.25) is 0 Å². The van der Waals surface area contributed by atoms with Crippen LogP contribution in [0.3, 0.4) is 0 Å². The zero-order valence-corrected chi connectivity index (χ0v) is 15.0. The van der Waals surface area contributed by atoms with Gasteiger partial charge in [-0.25, -0.2) is 9.18 Å². The van der Waals surface area contributed by atoms with Gasteiger partial charge in [-0.15, -0.1) is 0 Å². The summed E-state index contributed by atoms with van der Waals surface area (Å²) in [6, 6.07) is 4.89. The van der Waals surface area contributed by atoms with Gasteiger partial charge < -0.3 is 16.4 Å². The Labute approximate surface area is 154 Å². The van der Waals surface area contributed by atoms with E-state index in [1.54, 1.807) is 0 Å². The van der Waals surface area contributed by atoms with Crippen LogP contribution in [0.25, 0.3) is 0 Å². The largest absolute Gasteiger partial charge is 0.366 e. The van der Waals surface area contributed by atoms with Crippen LogP contribution in [0.15, 0.2) is 33.9 Å². The minimum absolute atomic E-state index is 0.0679. The molecule has 2 aromatic rings. The Kier molecular flexibility index (Phi) is 5.13. The molecular formula is C18H22FN5O3. The van der Waals surface area contributed by atoms with E-state index in [-0.39, 0.29) is 23.7 Å². The number of benzene rings is 1. The molecule has 1 amide bonds. The third-order valence-electron chi connectivity index (χ3n) is 4.82. The second-order valence-electron chi connectivity index (χ2n) is 6.78. The number of carbonyl (C=O) groups excluding carboxylic acids is 1. The Bertz CT molecular complexity index is 997. The highest BCUT2D eigenvalue weighted by atomic mass is 19.1. The van der Waals surface area contributed by atoms with Gasteiger partial charge in [-0.2, -0.15) is 0 Å². The first-order valence-electron chi connectivity index (χ1n) is 8.67. The number of hydrogen-bond acceptors (Lipinski definition) is 5. The number of carbonyl (C=O) groups is 1. The van der Waals surface area contributed by atoms with Crippen molar-refractivity contribution in [3.63, 3.8) is 0 Å². The van der Waals surface area contributed by atoms with E-state index in [2.05, 4.69) is 0 Å². The molecule has 0 radical (unpaired) electrons. The van der Waals surface area contributed by atoms with Gasteiger partial charge in [0.1, 0.15) is 11.6 Å². The van der Waals surface area contributed by atoms with Gasteiger partial charge in [0.05, 0.1) is 6.54 Å². The van der Waals surface area contributed by atoms with Crippen LogP contribution in [0.5, 0.6) is 0 Å². The maximum atomic E-state index is 13.7. The van der Waals surface area contributed by atoms with Crippen LogP contribution in [0.1, 0.15) is 28.8 Å². The third-order valence-corrected chi connectivity index (χ3v) is 4.82. The number of aromatic nitrogens is 2. The number of amides is 1. The van der Waals surface area contributed by atoms with Gasteiger partial charge in [0.2, 0.25) is 5.91 Å². The molecule has 0 saturated carbocycles. The second-order valence-corrected chi connectivity index (χ2v) is 6.78. The fourth-order valence-electron chi connectivity index (χ4n) is 3.39. The highest BCUT2D eigenvalue weighted by Crippen LogP contribution is 2.19. The summed E-state index contributed by atoms with van der Waals surface area (Å²) in [4.78, 5) is 38.5. The normalized spacial score (nSPS) is 17.1. The van der Waals surface area contributed by atoms with E-state index in [9.17, 15) is 18.8 Å². The Morgan fingerprint density at radius 3 is 2.70 bits per heavy atom. The zero-order chi connectivity index (χ0) is 19.7. The number of rotatable bonds is 4. The Hall–Kier alpha value is -2.94. The van der Waals surface area contributed by atoms with E-state index in [1.165, 1.54) is 29.8 Å². The zero-order valence-electron chi connectivity index (χ0n) is 15.0. The maximum Gasteiger partial charge on any atom is 0.332 e. The van der Waals surface area contributed by atoms with E-state index in [0.29, 0.717) is 18.9 Å². The fraction of sp³-hybridized carbons (Fsp3) is 0.389. The average molecular weight is 375 g/mol. The van der Waals surface area contributed by atoms with Crippen molar-refractivity contribution in [3.8, 4) is 0 Å². The van der Waals surface area contributed by atoms with E-state index < -0.39 is 23.0 Å². The number of anilines is 1. The lowest BCUT2D eigenvalue weighted by molar-refractivity contribution is 0.0999. The lowest BCUT2D eigenvalue weighted by Crippen LogP contribution is -2.47. The summed E-state index contributed by atoms with van der Waals surface area (Å²) >= 11 is 0. The molecule has 27 heavy (non-hydrogen) atoms. The number of piperidine rings is 1. The Morgan fingerprint density at radius 1 is 1.30 bits per heavy atom. The lowest BCUT2D eigenvalue weighted by Gasteiger charge is -2.34. The summed E-state index contributed by atoms with van der Waals surface area (Å²) in [5.74, 6) is -0.864. The van der Waals surface area contributed by atoms with Crippen LogP contribution in [0.4, 0.5) is 10.2 Å². The summed E-state index contributed by atoms with van der Waals surface area (Å²) < 4.78 is 16.1. The molecule has 1 aromatic heterocycles. The third kappa shape index (κ3) is 3.77. The van der Waals surface area contributed by atoms with Crippen molar-refractivity contribution in [2.75, 3.05) is 18.0 Å². The summed E-state index contributed by atoms with van der Waals surface area (Å²) in [6.07, 6.45) is 1.69. The number of primary amides is 1. The predicted octanol–water partition coefficient (Wildman–Crippen LogP) is -0.239. The lowest BCUT2D eigenvalue weighted by atomic mass is 10.1. The molecular weight excluding hydrogens is 353 g/mol. The molecule has 0 unspecified atom stereocenters. The minimum Gasteiger partial charge on any atom is -0.366 e.